The molecule has 0 spiro atoms. The van der Waals surface area contributed by atoms with E-state index in [4.69, 9.17) is 11.6 Å². The van der Waals surface area contributed by atoms with Gasteiger partial charge >= 0.3 is 23.1 Å². The van der Waals surface area contributed by atoms with E-state index >= 15 is 0 Å². The third-order valence-corrected chi connectivity index (χ3v) is 4.54. The van der Waals surface area contributed by atoms with Gasteiger partial charge in [0, 0.05) is 11.6 Å². The Bertz CT molecular complexity index is 586. The van der Waals surface area contributed by atoms with Crippen molar-refractivity contribution in [2.75, 3.05) is 13.1 Å². The normalized spacial score (nSPS) is 17.0. The molecule has 0 aromatic heterocycles. The van der Waals surface area contributed by atoms with Crippen LogP contribution in [-0.4, -0.2) is 41.0 Å². The molecule has 0 atom stereocenters. The second kappa shape index (κ2) is 9.40. The fourth-order valence-corrected chi connectivity index (χ4v) is 3.08. The number of rotatable bonds is 3. The molecule has 1 heterocycles. The molecule has 0 saturated carbocycles. The Morgan fingerprint density at radius 2 is 1.52 bits per heavy atom. The second-order valence-electron chi connectivity index (χ2n) is 5.76. The van der Waals surface area contributed by atoms with Crippen molar-refractivity contribution < 1.29 is 22.1 Å². The second-order valence-corrected chi connectivity index (χ2v) is 6.20. The maximum absolute atomic E-state index is 13.0. The topological polar surface area (TPSA) is 26.3 Å². The Balaban J connectivity index is 0.00000132. The van der Waals surface area contributed by atoms with Gasteiger partial charge in [0.2, 0.25) is 0 Å². The summed E-state index contributed by atoms with van der Waals surface area (Å²) in [6.45, 7) is 2.62. The summed E-state index contributed by atoms with van der Waals surface area (Å²) in [6, 6.07) is 17.8. The van der Waals surface area contributed by atoms with E-state index in [1.54, 1.807) is 0 Å². The molecule has 2 aromatic carbocycles. The molecule has 5 heteroatoms. The van der Waals surface area contributed by atoms with Crippen LogP contribution in [0.25, 0.3) is 0 Å². The molecule has 0 N–H and O–H groups in total. The molecule has 1 fully saturated rings. The minimum atomic E-state index is -0.961. The van der Waals surface area contributed by atoms with Crippen molar-refractivity contribution >= 4 is 34.7 Å². The van der Waals surface area contributed by atoms with E-state index in [0.717, 1.165) is 25.2 Å². The number of likely N-dealkylation sites (tertiary alicyclic amines) is 1. The SMILES string of the molecule is [Br-].[Mg+2].[O-]C1(c2ccc(Cl)cc2)CCN(Cc2ccccc2)CC1. The fraction of sp³-hybridized carbons (Fsp3) is 0.333. The Morgan fingerprint density at radius 3 is 2.09 bits per heavy atom. The molecule has 0 amide bonds. The van der Waals surface area contributed by atoms with Crippen molar-refractivity contribution in [3.63, 3.8) is 0 Å². The van der Waals surface area contributed by atoms with Crippen molar-refractivity contribution in [1.82, 2.24) is 4.90 Å². The largest absolute Gasteiger partial charge is 2.00 e. The molecule has 1 aliphatic rings. The van der Waals surface area contributed by atoms with Gasteiger partial charge in [0.1, 0.15) is 0 Å². The Labute approximate surface area is 169 Å². The minimum absolute atomic E-state index is 0. The maximum atomic E-state index is 13.0. The van der Waals surface area contributed by atoms with Crippen molar-refractivity contribution in [2.24, 2.45) is 0 Å². The van der Waals surface area contributed by atoms with Gasteiger partial charge in [-0.15, -0.1) is 0 Å². The molecule has 0 radical (unpaired) electrons. The van der Waals surface area contributed by atoms with E-state index in [1.165, 1.54) is 5.56 Å². The van der Waals surface area contributed by atoms with Crippen LogP contribution in [0, 0.1) is 0 Å². The van der Waals surface area contributed by atoms with Crippen molar-refractivity contribution in [3.05, 3.63) is 70.7 Å². The summed E-state index contributed by atoms with van der Waals surface area (Å²) >= 11 is 5.90. The third kappa shape index (κ3) is 5.45. The van der Waals surface area contributed by atoms with E-state index < -0.39 is 5.60 Å². The number of halogens is 2. The van der Waals surface area contributed by atoms with Gasteiger partial charge in [-0.3, -0.25) is 4.90 Å². The van der Waals surface area contributed by atoms with Crippen LogP contribution in [0.1, 0.15) is 24.0 Å². The first-order valence-electron chi connectivity index (χ1n) is 7.38. The molecule has 2 nitrogen and oxygen atoms in total. The van der Waals surface area contributed by atoms with Crippen LogP contribution in [0.15, 0.2) is 54.6 Å². The molecule has 0 bridgehead atoms. The Hall–Kier alpha value is -0.104. The molecule has 3 rings (SSSR count). The Morgan fingerprint density at radius 1 is 0.957 bits per heavy atom. The molecular formula is C18H19BrClMgNO. The van der Waals surface area contributed by atoms with Crippen molar-refractivity contribution in [1.29, 1.82) is 0 Å². The summed E-state index contributed by atoms with van der Waals surface area (Å²) in [7, 11) is 0. The first-order valence-corrected chi connectivity index (χ1v) is 7.76. The number of piperidine rings is 1. The summed E-state index contributed by atoms with van der Waals surface area (Å²) in [6.07, 6.45) is 1.31. The van der Waals surface area contributed by atoms with Gasteiger partial charge in [-0.05, 0) is 43.6 Å². The summed E-state index contributed by atoms with van der Waals surface area (Å²) in [5.41, 5.74) is 1.21. The summed E-state index contributed by atoms with van der Waals surface area (Å²) < 4.78 is 0. The summed E-state index contributed by atoms with van der Waals surface area (Å²) in [4.78, 5) is 2.36. The standard InChI is InChI=1S/C18H19ClNO.BrH.Mg/c19-17-8-6-16(7-9-17)18(21)10-12-20(13-11-18)14-15-4-2-1-3-5-15;;/h1-9H,10-14H2;1H;/q-1;;+2/p-1. The smallest absolute Gasteiger partial charge is 1.00 e. The van der Waals surface area contributed by atoms with E-state index in [0.29, 0.717) is 17.9 Å². The molecule has 0 aliphatic carbocycles. The van der Waals surface area contributed by atoms with Crippen LogP contribution >= 0.6 is 11.6 Å². The molecule has 23 heavy (non-hydrogen) atoms. The predicted molar refractivity (Wildman–Crippen MR) is 89.8 cm³/mol. The van der Waals surface area contributed by atoms with Crippen LogP contribution < -0.4 is 22.1 Å². The molecular weight excluding hydrogens is 386 g/mol. The quantitative estimate of drug-likeness (QED) is 0.663. The third-order valence-electron chi connectivity index (χ3n) is 4.28. The van der Waals surface area contributed by atoms with E-state index in [-0.39, 0.29) is 40.0 Å². The zero-order chi connectivity index (χ0) is 14.7. The van der Waals surface area contributed by atoms with Crippen LogP contribution in [0.2, 0.25) is 5.02 Å². The first-order chi connectivity index (χ1) is 10.2. The first kappa shape index (κ1) is 20.9. The fourth-order valence-electron chi connectivity index (χ4n) is 2.96. The van der Waals surface area contributed by atoms with Crippen molar-refractivity contribution in [3.8, 4) is 0 Å². The molecule has 118 valence electrons. The molecule has 1 saturated heterocycles. The zero-order valence-corrected chi connectivity index (χ0v) is 16.8. The van der Waals surface area contributed by atoms with E-state index in [9.17, 15) is 5.11 Å². The summed E-state index contributed by atoms with van der Waals surface area (Å²) in [5.74, 6) is 0. The predicted octanol–water partition coefficient (Wildman–Crippen LogP) is -0.185. The van der Waals surface area contributed by atoms with Crippen LogP contribution in [-0.2, 0) is 12.1 Å². The zero-order valence-electron chi connectivity index (χ0n) is 13.1. The van der Waals surface area contributed by atoms with Gasteiger partial charge in [0.15, 0.2) is 0 Å². The van der Waals surface area contributed by atoms with Crippen LogP contribution in [0.5, 0.6) is 0 Å². The average molecular weight is 405 g/mol. The van der Waals surface area contributed by atoms with Gasteiger partial charge in [-0.1, -0.05) is 65.2 Å². The van der Waals surface area contributed by atoms with Crippen molar-refractivity contribution in [2.45, 2.75) is 25.0 Å². The Kier molecular flexibility index (Phi) is 8.56. The summed E-state index contributed by atoms with van der Waals surface area (Å²) in [5, 5.41) is 13.6. The average Bonchev–Trinajstić information content (AvgIpc) is 2.51. The van der Waals surface area contributed by atoms with Gasteiger partial charge in [-0.2, -0.15) is 0 Å². The molecule has 0 unspecified atom stereocenters. The number of hydrogen-bond donors (Lipinski definition) is 0. The number of benzene rings is 2. The van der Waals surface area contributed by atoms with Gasteiger partial charge in [0.25, 0.3) is 0 Å². The van der Waals surface area contributed by atoms with E-state index in [1.807, 2.05) is 30.3 Å². The van der Waals surface area contributed by atoms with Gasteiger partial charge < -0.3 is 22.1 Å². The molecule has 2 aromatic rings. The van der Waals surface area contributed by atoms with E-state index in [2.05, 4.69) is 29.2 Å². The number of hydrogen-bond acceptors (Lipinski definition) is 2. The van der Waals surface area contributed by atoms with Crippen LogP contribution in [0.3, 0.4) is 0 Å². The molecule has 1 aliphatic heterocycles. The van der Waals surface area contributed by atoms with Crippen LogP contribution in [0.4, 0.5) is 0 Å². The van der Waals surface area contributed by atoms with Gasteiger partial charge in [0.05, 0.1) is 0 Å². The minimum Gasteiger partial charge on any atom is -1.00 e. The van der Waals surface area contributed by atoms with Gasteiger partial charge in [-0.25, -0.2) is 0 Å². The number of nitrogens with zero attached hydrogens (tertiary/aromatic N) is 1. The maximum Gasteiger partial charge on any atom is 2.00 e. The monoisotopic (exact) mass is 403 g/mol.